The van der Waals surface area contributed by atoms with E-state index in [-0.39, 0.29) is 9.63 Å². The summed E-state index contributed by atoms with van der Waals surface area (Å²) in [5, 5.41) is 16.4. The standard InChI is InChI=1S/C9H12BrN5O2S/c1-14-9(8(10)12-13-14)18(16,17)15-5-3-2-4-7(15)6-11/h7H,2-5H2,1H3. The molecule has 0 radical (unpaired) electrons. The third-order valence-electron chi connectivity index (χ3n) is 2.89. The molecule has 1 aromatic heterocycles. The second-order valence-electron chi connectivity index (χ2n) is 4.07. The van der Waals surface area contributed by atoms with E-state index in [2.05, 4.69) is 26.2 Å². The largest absolute Gasteiger partial charge is 0.264 e. The maximum Gasteiger partial charge on any atom is 0.264 e. The van der Waals surface area contributed by atoms with Gasteiger partial charge in [-0.25, -0.2) is 13.1 Å². The predicted molar refractivity (Wildman–Crippen MR) is 65.8 cm³/mol. The second kappa shape index (κ2) is 4.95. The van der Waals surface area contributed by atoms with Gasteiger partial charge >= 0.3 is 0 Å². The fourth-order valence-electron chi connectivity index (χ4n) is 2.03. The number of rotatable bonds is 2. The molecule has 1 fully saturated rings. The molecule has 0 amide bonds. The molecule has 0 spiro atoms. The van der Waals surface area contributed by atoms with Crippen LogP contribution in [-0.4, -0.2) is 40.3 Å². The fraction of sp³-hybridized carbons (Fsp3) is 0.667. The summed E-state index contributed by atoms with van der Waals surface area (Å²) in [5.74, 6) is 0. The van der Waals surface area contributed by atoms with E-state index in [1.807, 2.05) is 6.07 Å². The Balaban J connectivity index is 2.46. The summed E-state index contributed by atoms with van der Waals surface area (Å²) in [7, 11) is -2.23. The average molecular weight is 334 g/mol. The van der Waals surface area contributed by atoms with E-state index >= 15 is 0 Å². The quantitative estimate of drug-likeness (QED) is 0.792. The van der Waals surface area contributed by atoms with Gasteiger partial charge < -0.3 is 0 Å². The smallest absolute Gasteiger partial charge is 0.235 e. The molecule has 1 aliphatic heterocycles. The van der Waals surface area contributed by atoms with Crippen LogP contribution in [0.25, 0.3) is 0 Å². The molecule has 9 heteroatoms. The van der Waals surface area contributed by atoms with Crippen LogP contribution in [0, 0.1) is 11.3 Å². The molecule has 2 rings (SSSR count). The molecular formula is C9H12BrN5O2S. The van der Waals surface area contributed by atoms with Crippen molar-refractivity contribution < 1.29 is 8.42 Å². The van der Waals surface area contributed by atoms with Crippen molar-refractivity contribution in [1.29, 1.82) is 5.26 Å². The Morgan fingerprint density at radius 3 is 2.78 bits per heavy atom. The van der Waals surface area contributed by atoms with Crippen LogP contribution in [-0.2, 0) is 17.1 Å². The van der Waals surface area contributed by atoms with Gasteiger partial charge in [-0.15, -0.1) is 5.10 Å². The van der Waals surface area contributed by atoms with E-state index in [1.54, 1.807) is 0 Å². The van der Waals surface area contributed by atoms with E-state index in [4.69, 9.17) is 5.26 Å². The Morgan fingerprint density at radius 2 is 2.22 bits per heavy atom. The van der Waals surface area contributed by atoms with Crippen molar-refractivity contribution >= 4 is 26.0 Å². The minimum Gasteiger partial charge on any atom is -0.235 e. The van der Waals surface area contributed by atoms with Crippen LogP contribution in [0.5, 0.6) is 0 Å². The zero-order chi connectivity index (χ0) is 13.3. The first kappa shape index (κ1) is 13.5. The summed E-state index contributed by atoms with van der Waals surface area (Å²) in [6.45, 7) is 0.359. The molecule has 1 aromatic rings. The lowest BCUT2D eigenvalue weighted by atomic mass is 10.1. The molecule has 0 aliphatic carbocycles. The minimum atomic E-state index is -3.74. The third-order valence-corrected chi connectivity index (χ3v) is 5.69. The number of halogens is 1. The summed E-state index contributed by atoms with van der Waals surface area (Å²) in [4.78, 5) is 0. The van der Waals surface area contributed by atoms with Crippen LogP contribution in [0.1, 0.15) is 19.3 Å². The maximum atomic E-state index is 12.5. The van der Waals surface area contributed by atoms with Gasteiger partial charge in [-0.2, -0.15) is 9.57 Å². The minimum absolute atomic E-state index is 0.00958. The van der Waals surface area contributed by atoms with Gasteiger partial charge in [-0.1, -0.05) is 5.21 Å². The van der Waals surface area contributed by atoms with E-state index < -0.39 is 16.1 Å². The van der Waals surface area contributed by atoms with Crippen LogP contribution < -0.4 is 0 Å². The molecule has 0 N–H and O–H groups in total. The number of aryl methyl sites for hydroxylation is 1. The van der Waals surface area contributed by atoms with E-state index in [1.165, 1.54) is 16.0 Å². The number of sulfonamides is 1. The van der Waals surface area contributed by atoms with Crippen LogP contribution >= 0.6 is 15.9 Å². The van der Waals surface area contributed by atoms with Crippen LogP contribution in [0.4, 0.5) is 0 Å². The zero-order valence-electron chi connectivity index (χ0n) is 9.74. The molecule has 7 nitrogen and oxygen atoms in total. The van der Waals surface area contributed by atoms with Crippen molar-refractivity contribution in [3.63, 3.8) is 0 Å². The Kier molecular flexibility index (Phi) is 3.70. The highest BCUT2D eigenvalue weighted by atomic mass is 79.9. The molecule has 2 heterocycles. The maximum absolute atomic E-state index is 12.5. The van der Waals surface area contributed by atoms with Crippen molar-refractivity contribution in [3.05, 3.63) is 4.60 Å². The SMILES string of the molecule is Cn1nnc(Br)c1S(=O)(=O)N1CCCCC1C#N. The van der Waals surface area contributed by atoms with Gasteiger partial charge in [-0.3, -0.25) is 0 Å². The first-order valence-corrected chi connectivity index (χ1v) is 7.68. The molecule has 0 bridgehead atoms. The molecule has 0 saturated carbocycles. The highest BCUT2D eigenvalue weighted by Crippen LogP contribution is 2.27. The third kappa shape index (κ3) is 2.15. The number of piperidine rings is 1. The molecule has 1 unspecified atom stereocenters. The predicted octanol–water partition coefficient (Wildman–Crippen LogP) is 0.644. The van der Waals surface area contributed by atoms with Gasteiger partial charge in [-0.05, 0) is 35.2 Å². The van der Waals surface area contributed by atoms with Gasteiger partial charge in [0.05, 0.1) is 6.07 Å². The molecule has 18 heavy (non-hydrogen) atoms. The summed E-state index contributed by atoms with van der Waals surface area (Å²) in [6, 6.07) is 1.44. The van der Waals surface area contributed by atoms with Crippen molar-refractivity contribution in [2.24, 2.45) is 7.05 Å². The first-order chi connectivity index (χ1) is 8.48. The van der Waals surface area contributed by atoms with Crippen molar-refractivity contribution in [2.45, 2.75) is 30.3 Å². The normalized spacial score (nSPS) is 21.7. The van der Waals surface area contributed by atoms with Gasteiger partial charge in [0.2, 0.25) is 5.03 Å². The fourth-order valence-corrected chi connectivity index (χ4v) is 4.67. The molecule has 0 aromatic carbocycles. The van der Waals surface area contributed by atoms with Gasteiger partial charge in [0.1, 0.15) is 6.04 Å². The van der Waals surface area contributed by atoms with Crippen molar-refractivity contribution in [3.8, 4) is 6.07 Å². The van der Waals surface area contributed by atoms with Crippen LogP contribution in [0.3, 0.4) is 0 Å². The summed E-state index contributed by atoms with van der Waals surface area (Å²) < 4.78 is 27.6. The number of nitrogens with zero attached hydrogens (tertiary/aromatic N) is 5. The monoisotopic (exact) mass is 333 g/mol. The topological polar surface area (TPSA) is 91.9 Å². The van der Waals surface area contributed by atoms with E-state index in [9.17, 15) is 8.42 Å². The van der Waals surface area contributed by atoms with Gasteiger partial charge in [0, 0.05) is 13.6 Å². The molecular weight excluding hydrogens is 322 g/mol. The molecule has 1 aliphatic rings. The van der Waals surface area contributed by atoms with Crippen molar-refractivity contribution in [1.82, 2.24) is 19.3 Å². The Bertz CT molecular complexity index is 571. The highest BCUT2D eigenvalue weighted by Gasteiger charge is 2.37. The summed E-state index contributed by atoms with van der Waals surface area (Å²) >= 11 is 3.08. The number of aromatic nitrogens is 3. The molecule has 1 atom stereocenters. The lowest BCUT2D eigenvalue weighted by Gasteiger charge is -2.29. The summed E-state index contributed by atoms with van der Waals surface area (Å²) in [6.07, 6.45) is 2.20. The average Bonchev–Trinajstić information content (AvgIpc) is 2.69. The molecule has 98 valence electrons. The van der Waals surface area contributed by atoms with Crippen LogP contribution in [0.15, 0.2) is 9.63 Å². The number of nitriles is 1. The Hall–Kier alpha value is -0.980. The van der Waals surface area contributed by atoms with E-state index in [0.29, 0.717) is 13.0 Å². The first-order valence-electron chi connectivity index (χ1n) is 5.45. The highest BCUT2D eigenvalue weighted by molar-refractivity contribution is 9.10. The Labute approximate surface area is 114 Å². The number of hydrogen-bond acceptors (Lipinski definition) is 5. The van der Waals surface area contributed by atoms with E-state index in [0.717, 1.165) is 12.8 Å². The molecule has 1 saturated heterocycles. The van der Waals surface area contributed by atoms with Gasteiger partial charge in [0.15, 0.2) is 4.60 Å². The second-order valence-corrected chi connectivity index (χ2v) is 6.62. The summed E-state index contributed by atoms with van der Waals surface area (Å²) in [5.41, 5.74) is 0. The van der Waals surface area contributed by atoms with Crippen LogP contribution in [0.2, 0.25) is 0 Å². The van der Waals surface area contributed by atoms with Gasteiger partial charge in [0.25, 0.3) is 10.0 Å². The Morgan fingerprint density at radius 1 is 1.50 bits per heavy atom. The van der Waals surface area contributed by atoms with Crippen molar-refractivity contribution in [2.75, 3.05) is 6.54 Å². The lowest BCUT2D eigenvalue weighted by Crippen LogP contribution is -2.43. The zero-order valence-corrected chi connectivity index (χ0v) is 12.1. The lowest BCUT2D eigenvalue weighted by molar-refractivity contribution is 0.295. The number of hydrogen-bond donors (Lipinski definition) is 0.